The van der Waals surface area contributed by atoms with E-state index in [1.165, 1.54) is 11.1 Å². The number of rotatable bonds is 6. The van der Waals surface area contributed by atoms with Gasteiger partial charge in [-0.2, -0.15) is 0 Å². The second-order valence-corrected chi connectivity index (χ2v) is 13.0. The molecule has 7 nitrogen and oxygen atoms in total. The van der Waals surface area contributed by atoms with Crippen molar-refractivity contribution in [3.8, 4) is 11.5 Å². The van der Waals surface area contributed by atoms with Crippen LogP contribution in [0.15, 0.2) is 121 Å². The average Bonchev–Trinajstić information content (AvgIpc) is 3.16. The molecule has 0 spiro atoms. The summed E-state index contributed by atoms with van der Waals surface area (Å²) in [5, 5.41) is 0. The molecule has 2 atom stereocenters. The first-order valence-electron chi connectivity index (χ1n) is 18.6. The second kappa shape index (κ2) is 22.1. The van der Waals surface area contributed by atoms with Crippen LogP contribution in [0.2, 0.25) is 0 Å². The van der Waals surface area contributed by atoms with Gasteiger partial charge in [-0.15, -0.1) is 0 Å². The number of fused-ring (bicyclic) bond motifs is 2. The highest BCUT2D eigenvalue weighted by Gasteiger charge is 2.21. The Morgan fingerprint density at radius 3 is 1.33 bits per heavy atom. The number of benzene rings is 4. The maximum absolute atomic E-state index is 6.29. The van der Waals surface area contributed by atoms with Crippen LogP contribution in [0.25, 0.3) is 0 Å². The number of hydrogen-bond acceptors (Lipinski definition) is 7. The van der Waals surface area contributed by atoms with Crippen LogP contribution in [0.5, 0.6) is 11.5 Å². The van der Waals surface area contributed by atoms with Gasteiger partial charge >= 0.3 is 0 Å². The second-order valence-electron chi connectivity index (χ2n) is 13.0. The smallest absolute Gasteiger partial charge is 0.123 e. The largest absolute Gasteiger partial charge is 0.491 e. The van der Waals surface area contributed by atoms with Crippen molar-refractivity contribution in [3.05, 3.63) is 144 Å². The third kappa shape index (κ3) is 12.9. The minimum absolute atomic E-state index is 0.241. The summed E-state index contributed by atoms with van der Waals surface area (Å²) < 4.78 is 31.1. The van der Waals surface area contributed by atoms with Gasteiger partial charge in [0.2, 0.25) is 0 Å². The lowest BCUT2D eigenvalue weighted by molar-refractivity contribution is 0.0580. The van der Waals surface area contributed by atoms with E-state index in [0.29, 0.717) is 52.9 Å². The zero-order chi connectivity index (χ0) is 35.4. The summed E-state index contributed by atoms with van der Waals surface area (Å²) >= 11 is 0. The molecule has 0 unspecified atom stereocenters. The molecule has 0 aromatic heterocycles. The highest BCUT2D eigenvalue weighted by atomic mass is 16.5. The van der Waals surface area contributed by atoms with Gasteiger partial charge < -0.3 is 23.7 Å². The molecule has 4 aromatic carbocycles. The normalized spacial score (nSPS) is 20.4. The van der Waals surface area contributed by atoms with E-state index in [9.17, 15) is 0 Å². The Morgan fingerprint density at radius 2 is 0.902 bits per heavy atom. The van der Waals surface area contributed by atoms with Gasteiger partial charge in [0, 0.05) is 49.4 Å². The van der Waals surface area contributed by atoms with Crippen molar-refractivity contribution in [2.75, 3.05) is 52.9 Å². The number of nitrogens with zero attached hydrogens (tertiary/aromatic N) is 2. The average molecular weight is 693 g/mol. The van der Waals surface area contributed by atoms with Crippen LogP contribution in [0.1, 0.15) is 48.9 Å². The molecular weight excluding hydrogens is 636 g/mol. The fourth-order valence-corrected chi connectivity index (χ4v) is 6.42. The molecule has 0 fully saturated rings. The van der Waals surface area contributed by atoms with Gasteiger partial charge in [-0.25, -0.2) is 0 Å². The van der Waals surface area contributed by atoms with E-state index in [4.69, 9.17) is 23.7 Å². The van der Waals surface area contributed by atoms with Gasteiger partial charge in [0.25, 0.3) is 0 Å². The number of ether oxygens (including phenoxy) is 5. The Kier molecular flexibility index (Phi) is 16.5. The molecule has 1 aliphatic heterocycles. The van der Waals surface area contributed by atoms with Crippen LogP contribution in [0.4, 0.5) is 0 Å². The summed E-state index contributed by atoms with van der Waals surface area (Å²) in [5.74, 6) is 1.78. The minimum Gasteiger partial charge on any atom is -0.491 e. The first kappa shape index (κ1) is 38.3. The fraction of sp³-hybridized carbons (Fsp3) is 0.409. The Morgan fingerprint density at radius 1 is 0.490 bits per heavy atom. The van der Waals surface area contributed by atoms with Crippen molar-refractivity contribution in [2.24, 2.45) is 0 Å². The molecule has 0 saturated carbocycles. The Labute approximate surface area is 305 Å². The topological polar surface area (TPSA) is 52.6 Å². The van der Waals surface area contributed by atoms with Crippen molar-refractivity contribution in [2.45, 2.75) is 65.0 Å². The van der Waals surface area contributed by atoms with Crippen LogP contribution in [-0.2, 0) is 40.4 Å². The predicted octanol–water partition coefficient (Wildman–Crippen LogP) is 8.33. The Balaban J connectivity index is 1.30. The number of hydrogen-bond donors (Lipinski definition) is 0. The van der Waals surface area contributed by atoms with Gasteiger partial charge in [0.15, 0.2) is 0 Å². The molecule has 272 valence electrons. The summed E-state index contributed by atoms with van der Waals surface area (Å²) in [7, 11) is 0. The van der Waals surface area contributed by atoms with E-state index >= 15 is 0 Å². The molecule has 4 aromatic rings. The molecule has 0 radical (unpaired) electrons. The van der Waals surface area contributed by atoms with Crippen LogP contribution in [0, 0.1) is 0 Å². The first-order chi connectivity index (χ1) is 25.2. The molecule has 0 amide bonds. The van der Waals surface area contributed by atoms with Gasteiger partial charge in [0.1, 0.15) is 24.7 Å². The van der Waals surface area contributed by atoms with Gasteiger partial charge in [0.05, 0.1) is 39.6 Å². The highest BCUT2D eigenvalue weighted by molar-refractivity contribution is 5.34. The van der Waals surface area contributed by atoms with E-state index in [-0.39, 0.29) is 12.1 Å². The Bertz CT molecular complexity index is 1430. The van der Waals surface area contributed by atoms with E-state index < -0.39 is 0 Å². The van der Waals surface area contributed by atoms with Crippen molar-refractivity contribution >= 4 is 0 Å². The van der Waals surface area contributed by atoms with Crippen molar-refractivity contribution in [3.63, 3.8) is 0 Å². The third-order valence-electron chi connectivity index (χ3n) is 9.31. The molecule has 0 N–H and O–H groups in total. The summed E-state index contributed by atoms with van der Waals surface area (Å²) in [6.45, 7) is 11.9. The maximum Gasteiger partial charge on any atom is 0.123 e. The fourth-order valence-electron chi connectivity index (χ4n) is 6.42. The van der Waals surface area contributed by atoms with Crippen molar-refractivity contribution < 1.29 is 23.7 Å². The molecule has 1 heterocycles. The molecule has 51 heavy (non-hydrogen) atoms. The molecule has 0 bridgehead atoms. The molecule has 0 aliphatic carbocycles. The minimum atomic E-state index is 0.241. The van der Waals surface area contributed by atoms with Crippen molar-refractivity contribution in [1.29, 1.82) is 0 Å². The van der Waals surface area contributed by atoms with E-state index in [0.717, 1.165) is 61.6 Å². The highest BCUT2D eigenvalue weighted by Crippen LogP contribution is 2.25. The Hall–Kier alpha value is -3.98. The predicted molar refractivity (Wildman–Crippen MR) is 205 cm³/mol. The van der Waals surface area contributed by atoms with Gasteiger partial charge in [-0.3, -0.25) is 9.80 Å². The zero-order valence-electron chi connectivity index (χ0n) is 30.5. The standard InChI is InChI=1S/C44H56N2O5/c1-3-41-35-48-25-15-16-26-49-36-42(4-2)46(32-38-19-9-6-10-20-38)34-40-22-12-14-24-44(40)51-30-28-47-27-29-50-43-23-13-11-21-39(43)33-45(41)31-37-17-7-5-8-18-37/h5-24,41-42H,3-4,25-36H2,1-2H3/b16-15+/t41-,42-/m1/s1. The van der Waals surface area contributed by atoms with E-state index in [1.807, 2.05) is 12.1 Å². The summed E-state index contributed by atoms with van der Waals surface area (Å²) in [6, 6.07) is 38.4. The van der Waals surface area contributed by atoms with Gasteiger partial charge in [-0.05, 0) is 36.1 Å². The SMILES string of the molecule is CC[C@@H]1COC/C=C/COC[C@@H](CC)N(Cc2ccccc2)Cc2ccccc2OCCOCCOc2ccccc2CN1Cc1ccccc1. The first-order valence-corrected chi connectivity index (χ1v) is 18.6. The summed E-state index contributed by atoms with van der Waals surface area (Å²) in [5.41, 5.74) is 4.87. The van der Waals surface area contributed by atoms with E-state index in [1.54, 1.807) is 0 Å². The molecule has 5 rings (SSSR count). The maximum atomic E-state index is 6.29. The molecule has 7 heteroatoms. The van der Waals surface area contributed by atoms with Crippen LogP contribution in [-0.4, -0.2) is 74.7 Å². The van der Waals surface area contributed by atoms with Crippen LogP contribution < -0.4 is 9.47 Å². The van der Waals surface area contributed by atoms with Crippen LogP contribution >= 0.6 is 0 Å². The number of para-hydroxylation sites is 2. The summed E-state index contributed by atoms with van der Waals surface area (Å²) in [4.78, 5) is 5.01. The third-order valence-corrected chi connectivity index (χ3v) is 9.31. The van der Waals surface area contributed by atoms with E-state index in [2.05, 4.69) is 133 Å². The van der Waals surface area contributed by atoms with Gasteiger partial charge in [-0.1, -0.05) is 123 Å². The molecular formula is C44H56N2O5. The summed E-state index contributed by atoms with van der Waals surface area (Å²) in [6.07, 6.45) is 6.11. The quantitative estimate of drug-likeness (QED) is 0.189. The molecule has 1 aliphatic rings. The lowest BCUT2D eigenvalue weighted by atomic mass is 10.1. The zero-order valence-corrected chi connectivity index (χ0v) is 30.5. The van der Waals surface area contributed by atoms with Crippen molar-refractivity contribution in [1.82, 2.24) is 9.80 Å². The molecule has 0 saturated heterocycles. The lowest BCUT2D eigenvalue weighted by Gasteiger charge is -2.32. The van der Waals surface area contributed by atoms with Crippen LogP contribution in [0.3, 0.4) is 0 Å². The lowest BCUT2D eigenvalue weighted by Crippen LogP contribution is -2.37. The monoisotopic (exact) mass is 692 g/mol.